The SMILES string of the molecule is CCC(NC(=O)CCN1C(=O)[C@H]2CC=CC[C@H]2C1=O)c1ccc(C)c(C)c1. The fraction of sp³-hybridized carbons (Fsp3) is 0.500. The average molecular weight is 368 g/mol. The summed E-state index contributed by atoms with van der Waals surface area (Å²) in [5.41, 5.74) is 3.51. The molecule has 1 aliphatic heterocycles. The van der Waals surface area contributed by atoms with Crippen LogP contribution in [0.5, 0.6) is 0 Å². The first kappa shape index (κ1) is 19.3. The Morgan fingerprint density at radius 3 is 2.30 bits per heavy atom. The standard InChI is InChI=1S/C22H28N2O3/c1-4-19(16-10-9-14(2)15(3)13-16)23-20(25)11-12-24-21(26)17-7-5-6-8-18(17)22(24)27/h5-6,9-10,13,17-19H,4,7-8,11-12H2,1-3H3,(H,23,25)/t17-,18+,19?. The molecule has 3 amide bonds. The number of fused-ring (bicyclic) bond motifs is 1. The lowest BCUT2D eigenvalue weighted by Gasteiger charge is -2.20. The number of rotatable bonds is 6. The van der Waals surface area contributed by atoms with Crippen molar-refractivity contribution in [3.05, 3.63) is 47.0 Å². The number of nitrogens with zero attached hydrogens (tertiary/aromatic N) is 1. The van der Waals surface area contributed by atoms with Gasteiger partial charge in [-0.2, -0.15) is 0 Å². The van der Waals surface area contributed by atoms with Crippen molar-refractivity contribution in [2.24, 2.45) is 11.8 Å². The minimum Gasteiger partial charge on any atom is -0.349 e. The Morgan fingerprint density at radius 2 is 1.74 bits per heavy atom. The van der Waals surface area contributed by atoms with Crippen LogP contribution < -0.4 is 5.32 Å². The molecule has 27 heavy (non-hydrogen) atoms. The fourth-order valence-electron chi connectivity index (χ4n) is 3.97. The average Bonchev–Trinajstić information content (AvgIpc) is 2.91. The van der Waals surface area contributed by atoms with Crippen LogP contribution in [0.4, 0.5) is 0 Å². The van der Waals surface area contributed by atoms with E-state index in [4.69, 9.17) is 0 Å². The second-order valence-corrected chi connectivity index (χ2v) is 7.61. The highest BCUT2D eigenvalue weighted by molar-refractivity contribution is 6.05. The molecule has 1 aliphatic carbocycles. The normalized spacial score (nSPS) is 22.7. The molecule has 2 aliphatic rings. The minimum atomic E-state index is -0.232. The lowest BCUT2D eigenvalue weighted by Crippen LogP contribution is -2.36. The third-order valence-corrected chi connectivity index (χ3v) is 5.84. The van der Waals surface area contributed by atoms with Gasteiger partial charge in [0.25, 0.3) is 0 Å². The number of likely N-dealkylation sites (tertiary alicyclic amines) is 1. The number of allylic oxidation sites excluding steroid dienone is 2. The zero-order valence-electron chi connectivity index (χ0n) is 16.3. The number of carbonyl (C=O) groups excluding carboxylic acids is 3. The van der Waals surface area contributed by atoms with E-state index in [1.165, 1.54) is 16.0 Å². The molecule has 0 radical (unpaired) electrons. The van der Waals surface area contributed by atoms with Crippen LogP contribution in [-0.4, -0.2) is 29.2 Å². The monoisotopic (exact) mass is 368 g/mol. The van der Waals surface area contributed by atoms with Gasteiger partial charge in [0.05, 0.1) is 17.9 Å². The summed E-state index contributed by atoms with van der Waals surface area (Å²) in [5, 5.41) is 3.05. The van der Waals surface area contributed by atoms with Gasteiger partial charge in [0, 0.05) is 13.0 Å². The highest BCUT2D eigenvalue weighted by Crippen LogP contribution is 2.35. The lowest BCUT2D eigenvalue weighted by molar-refractivity contribution is -0.140. The van der Waals surface area contributed by atoms with E-state index in [1.54, 1.807) is 0 Å². The molecule has 0 bridgehead atoms. The summed E-state index contributed by atoms with van der Waals surface area (Å²) in [6, 6.07) is 6.15. The Hall–Kier alpha value is -2.43. The van der Waals surface area contributed by atoms with Crippen LogP contribution in [0.1, 0.15) is 55.3 Å². The van der Waals surface area contributed by atoms with E-state index in [2.05, 4.69) is 31.3 Å². The van der Waals surface area contributed by atoms with Crippen molar-refractivity contribution in [3.8, 4) is 0 Å². The number of nitrogens with one attached hydrogen (secondary N) is 1. The second-order valence-electron chi connectivity index (χ2n) is 7.61. The molecule has 0 aromatic heterocycles. The van der Waals surface area contributed by atoms with Crippen LogP contribution >= 0.6 is 0 Å². The van der Waals surface area contributed by atoms with Gasteiger partial charge in [0.2, 0.25) is 17.7 Å². The highest BCUT2D eigenvalue weighted by Gasteiger charge is 2.46. The van der Waals surface area contributed by atoms with Gasteiger partial charge >= 0.3 is 0 Å². The molecular formula is C22H28N2O3. The van der Waals surface area contributed by atoms with E-state index in [1.807, 2.05) is 25.1 Å². The molecule has 5 nitrogen and oxygen atoms in total. The summed E-state index contributed by atoms with van der Waals surface area (Å²) in [6.45, 7) is 6.33. The Kier molecular flexibility index (Phi) is 5.78. The first-order chi connectivity index (χ1) is 12.9. The van der Waals surface area contributed by atoms with Crippen molar-refractivity contribution in [2.45, 2.75) is 52.5 Å². The number of hydrogen-bond acceptors (Lipinski definition) is 3. The van der Waals surface area contributed by atoms with Crippen molar-refractivity contribution in [2.75, 3.05) is 6.54 Å². The van der Waals surface area contributed by atoms with Gasteiger partial charge in [-0.1, -0.05) is 37.3 Å². The predicted octanol–water partition coefficient (Wildman–Crippen LogP) is 3.21. The molecule has 1 N–H and O–H groups in total. The van der Waals surface area contributed by atoms with E-state index in [0.29, 0.717) is 12.8 Å². The molecule has 0 saturated carbocycles. The van der Waals surface area contributed by atoms with E-state index < -0.39 is 0 Å². The summed E-state index contributed by atoms with van der Waals surface area (Å²) >= 11 is 0. The number of aryl methyl sites for hydroxylation is 2. The van der Waals surface area contributed by atoms with Gasteiger partial charge in [0.15, 0.2) is 0 Å². The van der Waals surface area contributed by atoms with Crippen LogP contribution in [0.2, 0.25) is 0 Å². The molecule has 1 aromatic rings. The molecule has 1 saturated heterocycles. The third kappa shape index (κ3) is 3.97. The van der Waals surface area contributed by atoms with E-state index >= 15 is 0 Å². The first-order valence-electron chi connectivity index (χ1n) is 9.79. The van der Waals surface area contributed by atoms with Crippen LogP contribution in [0.25, 0.3) is 0 Å². The largest absolute Gasteiger partial charge is 0.349 e. The number of benzene rings is 1. The van der Waals surface area contributed by atoms with Gasteiger partial charge in [-0.15, -0.1) is 0 Å². The molecule has 1 heterocycles. The van der Waals surface area contributed by atoms with Gasteiger partial charge in [-0.25, -0.2) is 0 Å². The minimum absolute atomic E-state index is 0.0615. The number of carbonyl (C=O) groups is 3. The van der Waals surface area contributed by atoms with Crippen molar-refractivity contribution in [3.63, 3.8) is 0 Å². The summed E-state index contributed by atoms with van der Waals surface area (Å²) in [4.78, 5) is 38.7. The van der Waals surface area contributed by atoms with Crippen molar-refractivity contribution in [1.82, 2.24) is 10.2 Å². The molecule has 144 valence electrons. The maximum atomic E-state index is 12.5. The molecule has 1 aromatic carbocycles. The Labute approximate surface area is 160 Å². The summed E-state index contributed by atoms with van der Waals surface area (Å²) < 4.78 is 0. The highest BCUT2D eigenvalue weighted by atomic mass is 16.2. The van der Waals surface area contributed by atoms with Crippen molar-refractivity contribution >= 4 is 17.7 Å². The molecule has 1 fully saturated rings. The maximum absolute atomic E-state index is 12.5. The summed E-state index contributed by atoms with van der Waals surface area (Å²) in [6.07, 6.45) is 6.12. The fourth-order valence-corrected chi connectivity index (χ4v) is 3.97. The zero-order valence-corrected chi connectivity index (χ0v) is 16.3. The third-order valence-electron chi connectivity index (χ3n) is 5.84. The second kappa shape index (κ2) is 8.07. The van der Waals surface area contributed by atoms with E-state index in [0.717, 1.165) is 12.0 Å². The number of imide groups is 1. The van der Waals surface area contributed by atoms with E-state index in [-0.39, 0.29) is 48.6 Å². The number of hydrogen-bond donors (Lipinski definition) is 1. The summed E-state index contributed by atoms with van der Waals surface area (Å²) in [7, 11) is 0. The molecule has 3 rings (SSSR count). The van der Waals surface area contributed by atoms with Gasteiger partial charge in [-0.05, 0) is 49.8 Å². The molecule has 5 heteroatoms. The Morgan fingerprint density at radius 1 is 1.11 bits per heavy atom. The van der Waals surface area contributed by atoms with Crippen LogP contribution in [-0.2, 0) is 14.4 Å². The van der Waals surface area contributed by atoms with Crippen LogP contribution in [0.15, 0.2) is 30.4 Å². The molecule has 3 atom stereocenters. The van der Waals surface area contributed by atoms with Gasteiger partial charge in [-0.3, -0.25) is 19.3 Å². The summed E-state index contributed by atoms with van der Waals surface area (Å²) in [5.74, 6) is -0.839. The lowest BCUT2D eigenvalue weighted by atomic mass is 9.85. The Bertz CT molecular complexity index is 758. The predicted molar refractivity (Wildman–Crippen MR) is 104 cm³/mol. The molecular weight excluding hydrogens is 340 g/mol. The quantitative estimate of drug-likeness (QED) is 0.619. The smallest absolute Gasteiger partial charge is 0.233 e. The van der Waals surface area contributed by atoms with Crippen LogP contribution in [0, 0.1) is 25.7 Å². The van der Waals surface area contributed by atoms with E-state index in [9.17, 15) is 14.4 Å². The van der Waals surface area contributed by atoms with Gasteiger partial charge < -0.3 is 5.32 Å². The van der Waals surface area contributed by atoms with Crippen LogP contribution in [0.3, 0.4) is 0 Å². The number of amides is 3. The first-order valence-corrected chi connectivity index (χ1v) is 9.79. The molecule has 1 unspecified atom stereocenters. The van der Waals surface area contributed by atoms with Crippen molar-refractivity contribution in [1.29, 1.82) is 0 Å². The topological polar surface area (TPSA) is 66.5 Å². The van der Waals surface area contributed by atoms with Gasteiger partial charge in [0.1, 0.15) is 0 Å². The zero-order chi connectivity index (χ0) is 19.6. The Balaban J connectivity index is 1.58. The maximum Gasteiger partial charge on any atom is 0.233 e. The molecule has 0 spiro atoms. The van der Waals surface area contributed by atoms with Crippen molar-refractivity contribution < 1.29 is 14.4 Å².